The molecule has 1 N–H and O–H groups in total. The maximum absolute atomic E-state index is 5.62. The van der Waals surface area contributed by atoms with Gasteiger partial charge in [0.25, 0.3) is 0 Å². The first kappa shape index (κ1) is 9.52. The van der Waals surface area contributed by atoms with E-state index in [4.69, 9.17) is 4.42 Å². The predicted molar refractivity (Wildman–Crippen MR) is 60.0 cm³/mol. The van der Waals surface area contributed by atoms with E-state index in [1.54, 1.807) is 12.4 Å². The van der Waals surface area contributed by atoms with E-state index >= 15 is 0 Å². The standard InChI is InChI=1S/C12H12N2O/c1-9(13-2)11-5-6-12(15-11)10-4-3-7-14-8-10/h3-8,13H,1H2,2H3. The second kappa shape index (κ2) is 4.00. The topological polar surface area (TPSA) is 38.1 Å². The highest BCUT2D eigenvalue weighted by Crippen LogP contribution is 2.23. The number of nitrogens with zero attached hydrogens (tertiary/aromatic N) is 1. The molecule has 0 aliphatic rings. The molecule has 2 rings (SSSR count). The average Bonchev–Trinajstić information content (AvgIpc) is 2.78. The Kier molecular flexibility index (Phi) is 2.54. The number of rotatable bonds is 3. The van der Waals surface area contributed by atoms with E-state index in [-0.39, 0.29) is 0 Å². The third-order valence-corrected chi connectivity index (χ3v) is 2.15. The van der Waals surface area contributed by atoms with Crippen molar-refractivity contribution in [3.8, 4) is 11.3 Å². The molecule has 0 amide bonds. The zero-order valence-electron chi connectivity index (χ0n) is 8.53. The van der Waals surface area contributed by atoms with Crippen LogP contribution in [0.2, 0.25) is 0 Å². The van der Waals surface area contributed by atoms with Crippen LogP contribution in [0.15, 0.2) is 47.7 Å². The second-order valence-corrected chi connectivity index (χ2v) is 3.13. The maximum Gasteiger partial charge on any atom is 0.150 e. The summed E-state index contributed by atoms with van der Waals surface area (Å²) in [4.78, 5) is 4.04. The molecule has 15 heavy (non-hydrogen) atoms. The van der Waals surface area contributed by atoms with Gasteiger partial charge in [0, 0.05) is 25.0 Å². The highest BCUT2D eigenvalue weighted by atomic mass is 16.3. The molecule has 0 aliphatic carbocycles. The summed E-state index contributed by atoms with van der Waals surface area (Å²) < 4.78 is 5.62. The van der Waals surface area contributed by atoms with Gasteiger partial charge in [-0.05, 0) is 24.3 Å². The van der Waals surface area contributed by atoms with Gasteiger partial charge in [-0.25, -0.2) is 0 Å². The summed E-state index contributed by atoms with van der Waals surface area (Å²) >= 11 is 0. The molecule has 3 heteroatoms. The Bertz CT molecular complexity index is 459. The largest absolute Gasteiger partial charge is 0.455 e. The van der Waals surface area contributed by atoms with Gasteiger partial charge < -0.3 is 9.73 Å². The summed E-state index contributed by atoms with van der Waals surface area (Å²) in [6.07, 6.45) is 3.50. The Morgan fingerprint density at radius 1 is 1.40 bits per heavy atom. The Hall–Kier alpha value is -2.03. The average molecular weight is 200 g/mol. The molecule has 0 aliphatic heterocycles. The smallest absolute Gasteiger partial charge is 0.150 e. The van der Waals surface area contributed by atoms with E-state index in [1.807, 2.05) is 31.3 Å². The Balaban J connectivity index is 2.32. The normalized spacial score (nSPS) is 9.93. The molecule has 2 heterocycles. The first-order valence-electron chi connectivity index (χ1n) is 4.68. The molecule has 3 nitrogen and oxygen atoms in total. The van der Waals surface area contributed by atoms with Crippen molar-refractivity contribution in [3.05, 3.63) is 49.0 Å². The Morgan fingerprint density at radius 3 is 2.93 bits per heavy atom. The van der Waals surface area contributed by atoms with Crippen molar-refractivity contribution in [2.24, 2.45) is 0 Å². The monoisotopic (exact) mass is 200 g/mol. The van der Waals surface area contributed by atoms with Crippen molar-refractivity contribution in [2.45, 2.75) is 0 Å². The summed E-state index contributed by atoms with van der Waals surface area (Å²) in [6, 6.07) is 7.64. The Morgan fingerprint density at radius 2 is 2.27 bits per heavy atom. The first-order valence-corrected chi connectivity index (χ1v) is 4.68. The van der Waals surface area contributed by atoms with Gasteiger partial charge in [0.15, 0.2) is 0 Å². The summed E-state index contributed by atoms with van der Waals surface area (Å²) in [7, 11) is 1.81. The number of furan rings is 1. The van der Waals surface area contributed by atoms with E-state index in [9.17, 15) is 0 Å². The van der Waals surface area contributed by atoms with E-state index in [0.29, 0.717) is 0 Å². The molecule has 2 aromatic rings. The van der Waals surface area contributed by atoms with E-state index in [2.05, 4.69) is 16.9 Å². The summed E-state index contributed by atoms with van der Waals surface area (Å²) in [5.74, 6) is 1.55. The minimum absolute atomic E-state index is 0.747. The number of pyridine rings is 1. The number of aromatic nitrogens is 1. The first-order chi connectivity index (χ1) is 7.31. The molecule has 0 saturated carbocycles. The van der Waals surface area contributed by atoms with Crippen LogP contribution in [-0.2, 0) is 0 Å². The lowest BCUT2D eigenvalue weighted by atomic mass is 10.2. The SMILES string of the molecule is C=C(NC)c1ccc(-c2cccnc2)o1. The van der Waals surface area contributed by atoms with Crippen LogP contribution in [0.25, 0.3) is 17.0 Å². The number of hydrogen-bond acceptors (Lipinski definition) is 3. The van der Waals surface area contributed by atoms with E-state index in [0.717, 1.165) is 22.8 Å². The third-order valence-electron chi connectivity index (χ3n) is 2.15. The molecule has 0 spiro atoms. The zero-order valence-corrected chi connectivity index (χ0v) is 8.53. The van der Waals surface area contributed by atoms with Crippen LogP contribution in [0.5, 0.6) is 0 Å². The van der Waals surface area contributed by atoms with Crippen molar-refractivity contribution >= 4 is 5.70 Å². The van der Waals surface area contributed by atoms with Crippen LogP contribution in [-0.4, -0.2) is 12.0 Å². The zero-order chi connectivity index (χ0) is 10.7. The quantitative estimate of drug-likeness (QED) is 0.827. The highest BCUT2D eigenvalue weighted by Gasteiger charge is 2.05. The minimum Gasteiger partial charge on any atom is -0.455 e. The van der Waals surface area contributed by atoms with Crippen LogP contribution in [0, 0.1) is 0 Å². The van der Waals surface area contributed by atoms with Crippen LogP contribution in [0.3, 0.4) is 0 Å². The lowest BCUT2D eigenvalue weighted by molar-refractivity contribution is 0.563. The molecular formula is C12H12N2O. The van der Waals surface area contributed by atoms with Gasteiger partial charge in [0.2, 0.25) is 0 Å². The summed E-state index contributed by atoms with van der Waals surface area (Å²) in [6.45, 7) is 3.83. The molecule has 0 fully saturated rings. The molecule has 0 unspecified atom stereocenters. The maximum atomic E-state index is 5.62. The summed E-state index contributed by atoms with van der Waals surface area (Å²) in [5.41, 5.74) is 1.73. The Labute approximate surface area is 88.5 Å². The van der Waals surface area contributed by atoms with Gasteiger partial charge in [0.1, 0.15) is 11.5 Å². The van der Waals surface area contributed by atoms with Crippen LogP contribution in [0.1, 0.15) is 5.76 Å². The molecule has 2 aromatic heterocycles. The van der Waals surface area contributed by atoms with Crippen molar-refractivity contribution < 1.29 is 4.42 Å². The molecule has 0 aromatic carbocycles. The van der Waals surface area contributed by atoms with Crippen LogP contribution in [0.4, 0.5) is 0 Å². The molecule has 0 atom stereocenters. The van der Waals surface area contributed by atoms with E-state index in [1.165, 1.54) is 0 Å². The molecule has 0 radical (unpaired) electrons. The van der Waals surface area contributed by atoms with Crippen molar-refractivity contribution in [3.63, 3.8) is 0 Å². The minimum atomic E-state index is 0.747. The van der Waals surface area contributed by atoms with Crippen molar-refractivity contribution in [1.29, 1.82) is 0 Å². The lowest BCUT2D eigenvalue weighted by Gasteiger charge is -1.99. The lowest BCUT2D eigenvalue weighted by Crippen LogP contribution is -2.01. The van der Waals surface area contributed by atoms with Gasteiger partial charge >= 0.3 is 0 Å². The van der Waals surface area contributed by atoms with Gasteiger partial charge in [-0.2, -0.15) is 0 Å². The molecule has 0 bridgehead atoms. The molecular weight excluding hydrogens is 188 g/mol. The summed E-state index contributed by atoms with van der Waals surface area (Å²) in [5, 5.41) is 2.94. The predicted octanol–water partition coefficient (Wildman–Crippen LogP) is 2.53. The van der Waals surface area contributed by atoms with Crippen molar-refractivity contribution in [1.82, 2.24) is 10.3 Å². The highest BCUT2D eigenvalue weighted by molar-refractivity contribution is 5.62. The number of nitrogens with one attached hydrogen (secondary N) is 1. The van der Waals surface area contributed by atoms with Gasteiger partial charge in [-0.3, -0.25) is 4.98 Å². The van der Waals surface area contributed by atoms with Gasteiger partial charge in [0.05, 0.1) is 5.70 Å². The fourth-order valence-electron chi connectivity index (χ4n) is 1.29. The van der Waals surface area contributed by atoms with Crippen LogP contribution >= 0.6 is 0 Å². The number of hydrogen-bond donors (Lipinski definition) is 1. The third kappa shape index (κ3) is 1.91. The fourth-order valence-corrected chi connectivity index (χ4v) is 1.29. The van der Waals surface area contributed by atoms with Crippen molar-refractivity contribution in [2.75, 3.05) is 7.05 Å². The van der Waals surface area contributed by atoms with Gasteiger partial charge in [-0.1, -0.05) is 6.58 Å². The fraction of sp³-hybridized carbons (Fsp3) is 0.0833. The second-order valence-electron chi connectivity index (χ2n) is 3.13. The van der Waals surface area contributed by atoms with Gasteiger partial charge in [-0.15, -0.1) is 0 Å². The van der Waals surface area contributed by atoms with Crippen LogP contribution < -0.4 is 5.32 Å². The van der Waals surface area contributed by atoms with E-state index < -0.39 is 0 Å². The molecule has 76 valence electrons. The molecule has 0 saturated heterocycles.